The van der Waals surface area contributed by atoms with E-state index in [-0.39, 0.29) is 18.9 Å². The molecule has 2 aromatic carbocycles. The maximum absolute atomic E-state index is 12.9. The normalized spacial score (nSPS) is 19.6. The lowest BCUT2D eigenvalue weighted by Gasteiger charge is -2.30. The lowest BCUT2D eigenvalue weighted by Crippen LogP contribution is -2.35. The molecule has 0 aromatic heterocycles. The van der Waals surface area contributed by atoms with Gasteiger partial charge in [0.05, 0.1) is 22.8 Å². The van der Waals surface area contributed by atoms with Gasteiger partial charge >= 0.3 is 11.9 Å². The third-order valence-corrected chi connectivity index (χ3v) is 6.75. The first-order chi connectivity index (χ1) is 15.9. The van der Waals surface area contributed by atoms with Gasteiger partial charge in [-0.1, -0.05) is 30.3 Å². The summed E-state index contributed by atoms with van der Waals surface area (Å²) in [4.78, 5) is 41.6. The van der Waals surface area contributed by atoms with Gasteiger partial charge in [-0.2, -0.15) is 0 Å². The van der Waals surface area contributed by atoms with E-state index >= 15 is 0 Å². The summed E-state index contributed by atoms with van der Waals surface area (Å²) in [5, 5.41) is 11.1. The molecule has 8 nitrogen and oxygen atoms in total. The number of hydrogen-bond donors (Lipinski definition) is 0. The van der Waals surface area contributed by atoms with Crippen LogP contribution in [-0.2, 0) is 24.8 Å². The lowest BCUT2D eigenvalue weighted by molar-refractivity contribution is -0.384. The fourth-order valence-electron chi connectivity index (χ4n) is 4.16. The minimum absolute atomic E-state index is 0.0337. The summed E-state index contributed by atoms with van der Waals surface area (Å²) in [5.41, 5.74) is 3.14. The summed E-state index contributed by atoms with van der Waals surface area (Å²) >= 11 is 1.49. The quantitative estimate of drug-likeness (QED) is 0.257. The van der Waals surface area contributed by atoms with Gasteiger partial charge in [-0.3, -0.25) is 19.9 Å². The highest BCUT2D eigenvalue weighted by Gasteiger charge is 2.46. The second kappa shape index (κ2) is 9.58. The van der Waals surface area contributed by atoms with E-state index in [1.807, 2.05) is 30.3 Å². The highest BCUT2D eigenvalue weighted by atomic mass is 32.2. The zero-order valence-electron chi connectivity index (χ0n) is 18.1. The van der Waals surface area contributed by atoms with Crippen LogP contribution in [0.25, 0.3) is 0 Å². The summed E-state index contributed by atoms with van der Waals surface area (Å²) in [6.07, 6.45) is 0. The van der Waals surface area contributed by atoms with Crippen molar-refractivity contribution < 1.29 is 24.0 Å². The van der Waals surface area contributed by atoms with Gasteiger partial charge in [0.25, 0.3) is 5.69 Å². The van der Waals surface area contributed by atoms with Crippen LogP contribution in [0.15, 0.2) is 69.7 Å². The zero-order chi connectivity index (χ0) is 23.5. The van der Waals surface area contributed by atoms with Crippen LogP contribution in [-0.4, -0.2) is 35.8 Å². The molecule has 4 rings (SSSR count). The Bertz CT molecular complexity index is 1190. The van der Waals surface area contributed by atoms with Crippen LogP contribution in [0.1, 0.15) is 30.9 Å². The molecule has 2 unspecified atom stereocenters. The standard InChI is InChI=1S/C24H22N2O6S/c1-3-31-23(27)20-14(2)25-18-12-32-24(28)22(18)21(20)17-9-4-5-10-19(17)33-13-15-7-6-8-16(11-15)26(29)30/h4-11,20-21H,3,12-13H2,1-2H3. The molecule has 0 fully saturated rings. The molecular formula is C24H22N2O6S. The molecule has 0 radical (unpaired) electrons. The Labute approximate surface area is 194 Å². The molecule has 33 heavy (non-hydrogen) atoms. The highest BCUT2D eigenvalue weighted by molar-refractivity contribution is 7.98. The first-order valence-electron chi connectivity index (χ1n) is 10.5. The van der Waals surface area contributed by atoms with Gasteiger partial charge in [-0.05, 0) is 31.0 Å². The van der Waals surface area contributed by atoms with Crippen LogP contribution in [0, 0.1) is 16.0 Å². The van der Waals surface area contributed by atoms with Crippen molar-refractivity contribution in [3.8, 4) is 0 Å². The van der Waals surface area contributed by atoms with Crippen molar-refractivity contribution in [1.29, 1.82) is 0 Å². The Balaban J connectivity index is 1.72. The molecule has 0 N–H and O–H groups in total. The maximum Gasteiger partial charge on any atom is 0.337 e. The molecule has 2 aliphatic heterocycles. The SMILES string of the molecule is CCOC(=O)C1C(C)=NC2=C(C(=O)OC2)C1c1ccccc1SCc1cccc([N+](=O)[O-])c1. The van der Waals surface area contributed by atoms with Crippen LogP contribution in [0.3, 0.4) is 0 Å². The summed E-state index contributed by atoms with van der Waals surface area (Å²) < 4.78 is 10.6. The van der Waals surface area contributed by atoms with Gasteiger partial charge < -0.3 is 9.47 Å². The number of nitrogens with zero attached hydrogens (tertiary/aromatic N) is 2. The molecule has 0 amide bonds. The molecule has 0 saturated heterocycles. The van der Waals surface area contributed by atoms with Crippen LogP contribution >= 0.6 is 11.8 Å². The number of benzene rings is 2. The summed E-state index contributed by atoms with van der Waals surface area (Å²) in [7, 11) is 0. The maximum atomic E-state index is 12.9. The molecule has 0 bridgehead atoms. The van der Waals surface area contributed by atoms with Crippen molar-refractivity contribution in [1.82, 2.24) is 0 Å². The van der Waals surface area contributed by atoms with E-state index in [0.29, 0.717) is 22.7 Å². The fraction of sp³-hybridized carbons (Fsp3) is 0.292. The van der Waals surface area contributed by atoms with Crippen LogP contribution in [0.5, 0.6) is 0 Å². The Hall–Kier alpha value is -3.46. The predicted octanol–water partition coefficient (Wildman–Crippen LogP) is 4.44. The number of carbonyl (C=O) groups is 2. The lowest BCUT2D eigenvalue weighted by atomic mass is 9.76. The van der Waals surface area contributed by atoms with E-state index < -0.39 is 28.7 Å². The van der Waals surface area contributed by atoms with Crippen molar-refractivity contribution in [2.75, 3.05) is 13.2 Å². The molecule has 0 spiro atoms. The summed E-state index contributed by atoms with van der Waals surface area (Å²) in [6, 6.07) is 14.0. The van der Waals surface area contributed by atoms with Gasteiger partial charge in [0.2, 0.25) is 0 Å². The van der Waals surface area contributed by atoms with Crippen LogP contribution in [0.2, 0.25) is 0 Å². The number of thioether (sulfide) groups is 1. The number of esters is 2. The molecule has 2 aliphatic rings. The molecule has 0 saturated carbocycles. The minimum atomic E-state index is -0.742. The van der Waals surface area contributed by atoms with Crippen molar-refractivity contribution >= 4 is 35.1 Å². The number of aliphatic imine (C=N–C) groups is 1. The van der Waals surface area contributed by atoms with Gasteiger partial charge in [0, 0.05) is 34.4 Å². The van der Waals surface area contributed by atoms with Crippen LogP contribution in [0.4, 0.5) is 5.69 Å². The Morgan fingerprint density at radius 3 is 2.82 bits per heavy atom. The number of rotatable bonds is 7. The van der Waals surface area contributed by atoms with Crippen molar-refractivity contribution in [3.63, 3.8) is 0 Å². The first-order valence-corrected chi connectivity index (χ1v) is 11.5. The van der Waals surface area contributed by atoms with Gasteiger partial charge in [0.1, 0.15) is 12.5 Å². The van der Waals surface area contributed by atoms with Crippen molar-refractivity contribution in [3.05, 3.63) is 81.0 Å². The molecule has 0 aliphatic carbocycles. The second-order valence-corrected chi connectivity index (χ2v) is 8.67. The molecule has 2 aromatic rings. The topological polar surface area (TPSA) is 108 Å². The predicted molar refractivity (Wildman–Crippen MR) is 123 cm³/mol. The molecule has 2 heterocycles. The van der Waals surface area contributed by atoms with E-state index in [1.165, 1.54) is 17.8 Å². The minimum Gasteiger partial charge on any atom is -0.465 e. The fourth-order valence-corrected chi connectivity index (χ4v) is 5.20. The molecular weight excluding hydrogens is 444 g/mol. The highest BCUT2D eigenvalue weighted by Crippen LogP contribution is 2.45. The molecule has 170 valence electrons. The van der Waals surface area contributed by atoms with Gasteiger partial charge in [-0.15, -0.1) is 11.8 Å². The summed E-state index contributed by atoms with van der Waals surface area (Å²) in [6.45, 7) is 3.80. The number of carbonyl (C=O) groups excluding carboxylic acids is 2. The van der Waals surface area contributed by atoms with E-state index in [9.17, 15) is 19.7 Å². The number of nitro groups is 1. The number of non-ortho nitro benzene ring substituents is 1. The van der Waals surface area contributed by atoms with Crippen LogP contribution < -0.4 is 0 Å². The third-order valence-electron chi connectivity index (χ3n) is 5.59. The number of ether oxygens (including phenoxy) is 2. The third kappa shape index (κ3) is 4.54. The molecule has 2 atom stereocenters. The average molecular weight is 467 g/mol. The average Bonchev–Trinajstić information content (AvgIpc) is 3.17. The van der Waals surface area contributed by atoms with Crippen molar-refractivity contribution in [2.24, 2.45) is 10.9 Å². The Morgan fingerprint density at radius 2 is 2.06 bits per heavy atom. The Kier molecular flexibility index (Phi) is 6.60. The number of cyclic esters (lactones) is 1. The smallest absolute Gasteiger partial charge is 0.337 e. The summed E-state index contributed by atoms with van der Waals surface area (Å²) in [5.74, 6) is -1.75. The number of nitro benzene ring substituents is 1. The van der Waals surface area contributed by atoms with E-state index in [0.717, 1.165) is 16.0 Å². The first kappa shape index (κ1) is 22.7. The van der Waals surface area contributed by atoms with Gasteiger partial charge in [0.15, 0.2) is 0 Å². The number of hydrogen-bond acceptors (Lipinski definition) is 8. The largest absolute Gasteiger partial charge is 0.465 e. The van der Waals surface area contributed by atoms with E-state index in [2.05, 4.69) is 4.99 Å². The van der Waals surface area contributed by atoms with Gasteiger partial charge in [-0.25, -0.2) is 4.79 Å². The second-order valence-electron chi connectivity index (χ2n) is 7.65. The molecule has 9 heteroatoms. The Morgan fingerprint density at radius 1 is 1.27 bits per heavy atom. The monoisotopic (exact) mass is 466 g/mol. The van der Waals surface area contributed by atoms with E-state index in [1.54, 1.807) is 26.0 Å². The van der Waals surface area contributed by atoms with Crippen molar-refractivity contribution in [2.45, 2.75) is 30.4 Å². The van der Waals surface area contributed by atoms with E-state index in [4.69, 9.17) is 9.47 Å². The zero-order valence-corrected chi connectivity index (χ0v) is 19.0.